The Bertz CT molecular complexity index is 486. The van der Waals surface area contributed by atoms with Gasteiger partial charge in [0.25, 0.3) is 5.91 Å². The summed E-state index contributed by atoms with van der Waals surface area (Å²) in [6.45, 7) is 7.89. The van der Waals surface area contributed by atoms with Gasteiger partial charge in [-0.05, 0) is 19.2 Å². The van der Waals surface area contributed by atoms with Gasteiger partial charge in [-0.25, -0.2) is 0 Å². The predicted molar refractivity (Wildman–Crippen MR) is 80.3 cm³/mol. The summed E-state index contributed by atoms with van der Waals surface area (Å²) in [4.78, 5) is 18.4. The van der Waals surface area contributed by atoms with Crippen LogP contribution in [0.2, 0.25) is 0 Å². The van der Waals surface area contributed by atoms with Gasteiger partial charge in [-0.2, -0.15) is 0 Å². The van der Waals surface area contributed by atoms with Crippen molar-refractivity contribution in [2.24, 2.45) is 5.73 Å². The van der Waals surface area contributed by atoms with Gasteiger partial charge in [0, 0.05) is 25.5 Å². The Hall–Kier alpha value is -1.90. The average molecular weight is 274 g/mol. The van der Waals surface area contributed by atoms with E-state index >= 15 is 0 Å². The smallest absolute Gasteiger partial charge is 0.252 e. The van der Waals surface area contributed by atoms with E-state index in [4.69, 9.17) is 5.73 Å². The quantitative estimate of drug-likeness (QED) is 0.740. The number of hydrogen-bond donors (Lipinski definition) is 2. The lowest BCUT2D eigenvalue weighted by atomic mass is 10.1. The minimum atomic E-state index is -0.124. The van der Waals surface area contributed by atoms with Crippen LogP contribution in [0.4, 0.5) is 0 Å². The van der Waals surface area contributed by atoms with E-state index in [0.29, 0.717) is 17.7 Å². The van der Waals surface area contributed by atoms with Crippen LogP contribution in [-0.2, 0) is 0 Å². The number of nitrogens with zero attached hydrogens (tertiary/aromatic N) is 2. The Balaban J connectivity index is 2.63. The summed E-state index contributed by atoms with van der Waals surface area (Å²) in [5.41, 5.74) is 6.50. The SMILES string of the molecule is CCN(CC)CCNC(=O)c1ccncc1C#CCN. The van der Waals surface area contributed by atoms with Crippen LogP contribution in [0.5, 0.6) is 0 Å². The lowest BCUT2D eigenvalue weighted by molar-refractivity contribution is 0.0948. The molecule has 5 heteroatoms. The predicted octanol–water partition coefficient (Wildman–Crippen LogP) is 0.463. The Morgan fingerprint density at radius 1 is 1.45 bits per heavy atom. The Morgan fingerprint density at radius 3 is 2.85 bits per heavy atom. The molecule has 0 spiro atoms. The maximum absolute atomic E-state index is 12.1. The van der Waals surface area contributed by atoms with Crippen LogP contribution in [0.3, 0.4) is 0 Å². The number of aromatic nitrogens is 1. The summed E-state index contributed by atoms with van der Waals surface area (Å²) in [7, 11) is 0. The number of nitrogens with one attached hydrogen (secondary N) is 1. The van der Waals surface area contributed by atoms with Gasteiger partial charge in [-0.1, -0.05) is 25.7 Å². The van der Waals surface area contributed by atoms with Gasteiger partial charge in [0.1, 0.15) is 0 Å². The first kappa shape index (κ1) is 16.2. The van der Waals surface area contributed by atoms with Gasteiger partial charge in [-0.3, -0.25) is 9.78 Å². The van der Waals surface area contributed by atoms with Crippen molar-refractivity contribution in [1.82, 2.24) is 15.2 Å². The molecular formula is C15H22N4O. The van der Waals surface area contributed by atoms with E-state index in [1.165, 1.54) is 0 Å². The maximum atomic E-state index is 12.1. The van der Waals surface area contributed by atoms with Gasteiger partial charge >= 0.3 is 0 Å². The molecule has 0 fully saturated rings. The molecule has 1 rings (SSSR count). The topological polar surface area (TPSA) is 71.2 Å². The zero-order valence-electron chi connectivity index (χ0n) is 12.1. The summed E-state index contributed by atoms with van der Waals surface area (Å²) in [5, 5.41) is 2.91. The van der Waals surface area contributed by atoms with Crippen molar-refractivity contribution in [3.63, 3.8) is 0 Å². The number of hydrogen-bond acceptors (Lipinski definition) is 4. The highest BCUT2D eigenvalue weighted by atomic mass is 16.1. The molecule has 5 nitrogen and oxygen atoms in total. The molecule has 1 aromatic rings. The molecule has 0 saturated heterocycles. The van der Waals surface area contributed by atoms with Crippen molar-refractivity contribution >= 4 is 5.91 Å². The van der Waals surface area contributed by atoms with E-state index in [1.54, 1.807) is 18.5 Å². The Morgan fingerprint density at radius 2 is 2.20 bits per heavy atom. The Kier molecular flexibility index (Phi) is 7.33. The van der Waals surface area contributed by atoms with Gasteiger partial charge in [0.05, 0.1) is 17.7 Å². The molecule has 0 atom stereocenters. The second kappa shape index (κ2) is 9.08. The van der Waals surface area contributed by atoms with Crippen molar-refractivity contribution < 1.29 is 4.79 Å². The molecule has 3 N–H and O–H groups in total. The average Bonchev–Trinajstić information content (AvgIpc) is 2.49. The minimum absolute atomic E-state index is 0.124. The summed E-state index contributed by atoms with van der Waals surface area (Å²) < 4.78 is 0. The number of rotatable bonds is 6. The molecule has 1 amide bonds. The molecule has 0 aliphatic carbocycles. The fraction of sp³-hybridized carbons (Fsp3) is 0.467. The van der Waals surface area contributed by atoms with Crippen molar-refractivity contribution in [2.45, 2.75) is 13.8 Å². The monoisotopic (exact) mass is 274 g/mol. The third-order valence-electron chi connectivity index (χ3n) is 3.00. The highest BCUT2D eigenvalue weighted by Crippen LogP contribution is 2.05. The molecule has 20 heavy (non-hydrogen) atoms. The number of carbonyl (C=O) groups is 1. The number of pyridine rings is 1. The summed E-state index contributed by atoms with van der Waals surface area (Å²) >= 11 is 0. The second-order valence-electron chi connectivity index (χ2n) is 4.21. The van der Waals surface area contributed by atoms with Gasteiger partial charge in [0.15, 0.2) is 0 Å². The molecule has 0 aromatic carbocycles. The van der Waals surface area contributed by atoms with E-state index in [0.717, 1.165) is 19.6 Å². The number of amides is 1. The van der Waals surface area contributed by atoms with Crippen LogP contribution in [0.15, 0.2) is 18.5 Å². The first-order valence-corrected chi connectivity index (χ1v) is 6.86. The van der Waals surface area contributed by atoms with E-state index in [2.05, 4.69) is 40.9 Å². The summed E-state index contributed by atoms with van der Waals surface area (Å²) in [6, 6.07) is 1.67. The summed E-state index contributed by atoms with van der Waals surface area (Å²) in [5.74, 6) is 5.48. The highest BCUT2D eigenvalue weighted by Gasteiger charge is 2.09. The molecule has 0 aliphatic rings. The van der Waals surface area contributed by atoms with E-state index < -0.39 is 0 Å². The number of carbonyl (C=O) groups excluding carboxylic acids is 1. The molecule has 0 bridgehead atoms. The molecule has 1 aromatic heterocycles. The summed E-state index contributed by atoms with van der Waals surface area (Å²) in [6.07, 6.45) is 3.18. The molecule has 0 radical (unpaired) electrons. The zero-order valence-corrected chi connectivity index (χ0v) is 12.1. The highest BCUT2D eigenvalue weighted by molar-refractivity contribution is 5.96. The standard InChI is InChI=1S/C15H22N4O/c1-3-19(4-2)11-10-18-15(20)14-7-9-17-12-13(14)6-5-8-16/h7,9,12H,3-4,8,10-11,16H2,1-2H3,(H,18,20). The Labute approximate surface area is 120 Å². The first-order valence-electron chi connectivity index (χ1n) is 6.86. The van der Waals surface area contributed by atoms with Gasteiger partial charge in [0.2, 0.25) is 0 Å². The molecule has 108 valence electrons. The number of likely N-dealkylation sites (N-methyl/N-ethyl adjacent to an activating group) is 1. The number of nitrogens with two attached hydrogens (primary N) is 1. The van der Waals surface area contributed by atoms with Crippen LogP contribution < -0.4 is 11.1 Å². The van der Waals surface area contributed by atoms with Crippen LogP contribution in [-0.4, -0.2) is 48.5 Å². The lowest BCUT2D eigenvalue weighted by Gasteiger charge is -2.18. The zero-order chi connectivity index (χ0) is 14.8. The first-order chi connectivity index (χ1) is 9.72. The van der Waals surface area contributed by atoms with Crippen molar-refractivity contribution in [3.05, 3.63) is 29.6 Å². The molecule has 0 aliphatic heterocycles. The lowest BCUT2D eigenvalue weighted by Crippen LogP contribution is -2.35. The fourth-order valence-electron chi connectivity index (χ4n) is 1.80. The van der Waals surface area contributed by atoms with Gasteiger partial charge in [-0.15, -0.1) is 0 Å². The fourth-order valence-corrected chi connectivity index (χ4v) is 1.80. The normalized spacial score (nSPS) is 10.0. The van der Waals surface area contributed by atoms with Gasteiger partial charge < -0.3 is 16.0 Å². The van der Waals surface area contributed by atoms with E-state index in [1.807, 2.05) is 0 Å². The molecule has 1 heterocycles. The minimum Gasteiger partial charge on any atom is -0.351 e. The van der Waals surface area contributed by atoms with Crippen LogP contribution >= 0.6 is 0 Å². The van der Waals surface area contributed by atoms with Crippen LogP contribution in [0, 0.1) is 11.8 Å². The second-order valence-corrected chi connectivity index (χ2v) is 4.21. The van der Waals surface area contributed by atoms with E-state index in [9.17, 15) is 4.79 Å². The van der Waals surface area contributed by atoms with E-state index in [-0.39, 0.29) is 12.5 Å². The van der Waals surface area contributed by atoms with Crippen LogP contribution in [0.1, 0.15) is 29.8 Å². The van der Waals surface area contributed by atoms with Crippen molar-refractivity contribution in [3.8, 4) is 11.8 Å². The van der Waals surface area contributed by atoms with Crippen molar-refractivity contribution in [2.75, 3.05) is 32.7 Å². The molecular weight excluding hydrogens is 252 g/mol. The van der Waals surface area contributed by atoms with Crippen LogP contribution in [0.25, 0.3) is 0 Å². The maximum Gasteiger partial charge on any atom is 0.252 e. The molecule has 0 unspecified atom stereocenters. The largest absolute Gasteiger partial charge is 0.351 e. The molecule has 0 saturated carbocycles. The third kappa shape index (κ3) is 5.00. The van der Waals surface area contributed by atoms with Crippen molar-refractivity contribution in [1.29, 1.82) is 0 Å². The third-order valence-corrected chi connectivity index (χ3v) is 3.00.